The number of benzene rings is 5. The minimum absolute atomic E-state index is 0.0423. The molecule has 0 saturated heterocycles. The van der Waals surface area contributed by atoms with Gasteiger partial charge in [0.15, 0.2) is 0 Å². The van der Waals surface area contributed by atoms with Crippen molar-refractivity contribution in [2.75, 3.05) is 9.80 Å². The maximum absolute atomic E-state index is 6.83. The van der Waals surface area contributed by atoms with Gasteiger partial charge in [-0.15, -0.1) is 0 Å². The third kappa shape index (κ3) is 4.26. The first-order chi connectivity index (χ1) is 21.5. The van der Waals surface area contributed by atoms with Crippen molar-refractivity contribution in [1.82, 2.24) is 0 Å². The van der Waals surface area contributed by atoms with E-state index in [2.05, 4.69) is 167 Å². The molecule has 0 fully saturated rings. The number of hydrogen-bond donors (Lipinski definition) is 0. The average Bonchev–Trinajstić information content (AvgIpc) is 3.39. The molecule has 6 aromatic rings. The first-order valence-corrected chi connectivity index (χ1v) is 16.1. The van der Waals surface area contributed by atoms with Crippen molar-refractivity contribution in [3.05, 3.63) is 126 Å². The summed E-state index contributed by atoms with van der Waals surface area (Å²) in [4.78, 5) is 4.83. The normalized spacial score (nSPS) is 14.0. The summed E-state index contributed by atoms with van der Waals surface area (Å²) >= 11 is 0. The molecule has 45 heavy (non-hydrogen) atoms. The summed E-state index contributed by atoms with van der Waals surface area (Å²) in [7, 11) is 0. The van der Waals surface area contributed by atoms with Crippen LogP contribution in [-0.2, 0) is 10.8 Å². The van der Waals surface area contributed by atoms with Crippen LogP contribution in [0.15, 0.2) is 114 Å². The van der Waals surface area contributed by atoms with Crippen molar-refractivity contribution in [1.29, 1.82) is 0 Å². The topological polar surface area (TPSA) is 19.6 Å². The van der Waals surface area contributed by atoms with Gasteiger partial charge >= 0.3 is 0 Å². The van der Waals surface area contributed by atoms with Gasteiger partial charge in [-0.2, -0.15) is 0 Å². The molecule has 1 aromatic heterocycles. The smallest absolute Gasteiger partial charge is 0.257 e. The Balaban J connectivity index is 1.43. The van der Waals surface area contributed by atoms with E-state index in [0.29, 0.717) is 0 Å². The monoisotopic (exact) mass is 586 g/mol. The zero-order chi connectivity index (χ0) is 31.2. The molecule has 0 atom stereocenters. The first-order valence-electron chi connectivity index (χ1n) is 16.1. The number of aryl methyl sites for hydroxylation is 1. The molecule has 5 aromatic carbocycles. The van der Waals surface area contributed by atoms with Crippen molar-refractivity contribution < 1.29 is 4.42 Å². The van der Waals surface area contributed by atoms with Gasteiger partial charge in [0.2, 0.25) is 5.88 Å². The third-order valence-corrected chi connectivity index (χ3v) is 9.63. The lowest BCUT2D eigenvalue weighted by Crippen LogP contribution is -2.61. The van der Waals surface area contributed by atoms with E-state index in [0.717, 1.165) is 17.2 Å². The standard InChI is InChI=1S/C41H39BN2O/c1-26-24-34-38-35(25-26)44(30-22-18-28(19-23-30)41(5,6)7)39-37(31-12-8-11-15-36(31)45-39)42(38)32-13-9-10-14-33(32)43(34)29-20-16-27(17-21-29)40(2,3)4/h8-25H,1-7H3. The van der Waals surface area contributed by atoms with Crippen molar-refractivity contribution in [3.63, 3.8) is 0 Å². The van der Waals surface area contributed by atoms with Gasteiger partial charge in [-0.1, -0.05) is 102 Å². The van der Waals surface area contributed by atoms with Crippen LogP contribution in [0.4, 0.5) is 34.3 Å². The quantitative estimate of drug-likeness (QED) is 0.188. The molecule has 0 amide bonds. The van der Waals surface area contributed by atoms with Crippen LogP contribution in [0, 0.1) is 6.92 Å². The van der Waals surface area contributed by atoms with Crippen LogP contribution in [0.3, 0.4) is 0 Å². The molecular formula is C41H39BN2O. The van der Waals surface area contributed by atoms with E-state index in [1.54, 1.807) is 0 Å². The summed E-state index contributed by atoms with van der Waals surface area (Å²) in [6.07, 6.45) is 0. The summed E-state index contributed by atoms with van der Waals surface area (Å²) in [6, 6.07) is 40.4. The third-order valence-electron chi connectivity index (χ3n) is 9.63. The molecule has 8 rings (SSSR count). The predicted molar refractivity (Wildman–Crippen MR) is 192 cm³/mol. The van der Waals surface area contributed by atoms with E-state index in [1.165, 1.54) is 61.2 Å². The lowest BCUT2D eigenvalue weighted by molar-refractivity contribution is 0.590. The maximum atomic E-state index is 6.83. The Morgan fingerprint density at radius 2 is 1.09 bits per heavy atom. The van der Waals surface area contributed by atoms with Crippen LogP contribution in [0.2, 0.25) is 0 Å². The van der Waals surface area contributed by atoms with E-state index in [1.807, 2.05) is 0 Å². The van der Waals surface area contributed by atoms with Gasteiger partial charge in [-0.05, 0) is 93.9 Å². The molecule has 0 unspecified atom stereocenters. The number of hydrogen-bond acceptors (Lipinski definition) is 3. The summed E-state index contributed by atoms with van der Waals surface area (Å²) in [5.74, 6) is 0.909. The number of furan rings is 1. The highest BCUT2D eigenvalue weighted by Crippen LogP contribution is 2.46. The Hall–Kier alpha value is -4.70. The Morgan fingerprint density at radius 1 is 0.556 bits per heavy atom. The fourth-order valence-electron chi connectivity index (χ4n) is 7.31. The lowest BCUT2D eigenvalue weighted by Gasteiger charge is -2.42. The van der Waals surface area contributed by atoms with Crippen LogP contribution >= 0.6 is 0 Å². The Bertz CT molecular complexity index is 2090. The van der Waals surface area contributed by atoms with Gasteiger partial charge in [-0.25, -0.2) is 0 Å². The van der Waals surface area contributed by atoms with Crippen LogP contribution in [0.25, 0.3) is 11.0 Å². The van der Waals surface area contributed by atoms with E-state index in [4.69, 9.17) is 4.42 Å². The molecule has 2 aliphatic heterocycles. The molecule has 0 bridgehead atoms. The zero-order valence-corrected chi connectivity index (χ0v) is 27.3. The number of rotatable bonds is 2. The number of nitrogens with zero attached hydrogens (tertiary/aromatic N) is 2. The highest BCUT2D eigenvalue weighted by Gasteiger charge is 2.46. The number of para-hydroxylation sites is 2. The van der Waals surface area contributed by atoms with E-state index >= 15 is 0 Å². The van der Waals surface area contributed by atoms with E-state index in [9.17, 15) is 0 Å². The van der Waals surface area contributed by atoms with Gasteiger partial charge < -0.3 is 9.32 Å². The SMILES string of the molecule is Cc1cc2c3c(c1)N(c1ccc(C(C)(C)C)cc1)c1oc4ccccc4c1B3c1ccccc1N2c1ccc(C(C)(C)C)cc1. The highest BCUT2D eigenvalue weighted by molar-refractivity contribution is 7.01. The van der Waals surface area contributed by atoms with Gasteiger partial charge in [0.05, 0.1) is 0 Å². The molecule has 0 N–H and O–H groups in total. The van der Waals surface area contributed by atoms with Crippen LogP contribution in [0.1, 0.15) is 58.2 Å². The largest absolute Gasteiger partial charge is 0.440 e. The molecular weight excluding hydrogens is 547 g/mol. The molecule has 0 saturated carbocycles. The van der Waals surface area contributed by atoms with Gasteiger partial charge in [0.25, 0.3) is 6.71 Å². The van der Waals surface area contributed by atoms with Crippen molar-refractivity contribution >= 4 is 68.4 Å². The predicted octanol–water partition coefficient (Wildman–Crippen LogP) is 9.42. The molecule has 0 spiro atoms. The minimum atomic E-state index is 0.0423. The molecule has 3 nitrogen and oxygen atoms in total. The summed E-state index contributed by atoms with van der Waals surface area (Å²) < 4.78 is 6.83. The van der Waals surface area contributed by atoms with E-state index < -0.39 is 0 Å². The first kappa shape index (κ1) is 27.8. The second-order valence-electron chi connectivity index (χ2n) is 14.8. The summed E-state index contributed by atoms with van der Waals surface area (Å²) in [5.41, 5.74) is 14.7. The zero-order valence-electron chi connectivity index (χ0n) is 27.3. The fraction of sp³-hybridized carbons (Fsp3) is 0.220. The minimum Gasteiger partial charge on any atom is -0.440 e. The molecule has 2 aliphatic rings. The summed E-state index contributed by atoms with van der Waals surface area (Å²) in [5, 5.41) is 1.17. The number of anilines is 6. The summed E-state index contributed by atoms with van der Waals surface area (Å²) in [6.45, 7) is 15.9. The van der Waals surface area contributed by atoms with Crippen LogP contribution in [-0.4, -0.2) is 6.71 Å². The molecule has 0 radical (unpaired) electrons. The highest BCUT2D eigenvalue weighted by atomic mass is 16.4. The van der Waals surface area contributed by atoms with Gasteiger partial charge in [0, 0.05) is 39.3 Å². The molecule has 0 aliphatic carbocycles. The fourth-order valence-corrected chi connectivity index (χ4v) is 7.31. The van der Waals surface area contributed by atoms with Crippen molar-refractivity contribution in [3.8, 4) is 0 Å². The Morgan fingerprint density at radius 3 is 1.71 bits per heavy atom. The Labute approximate surface area is 267 Å². The molecule has 3 heterocycles. The van der Waals surface area contributed by atoms with Crippen LogP contribution < -0.4 is 26.2 Å². The maximum Gasteiger partial charge on any atom is 0.257 e. The van der Waals surface area contributed by atoms with Crippen LogP contribution in [0.5, 0.6) is 0 Å². The second-order valence-corrected chi connectivity index (χ2v) is 14.8. The molecule has 222 valence electrons. The van der Waals surface area contributed by atoms with Gasteiger partial charge in [0.1, 0.15) is 5.58 Å². The average molecular weight is 587 g/mol. The lowest BCUT2D eigenvalue weighted by atomic mass is 9.33. The van der Waals surface area contributed by atoms with Crippen molar-refractivity contribution in [2.24, 2.45) is 0 Å². The van der Waals surface area contributed by atoms with Crippen molar-refractivity contribution in [2.45, 2.75) is 59.3 Å². The van der Waals surface area contributed by atoms with Gasteiger partial charge in [-0.3, -0.25) is 4.90 Å². The molecule has 4 heteroatoms. The number of fused-ring (bicyclic) bond motifs is 6. The second kappa shape index (κ2) is 9.65. The van der Waals surface area contributed by atoms with E-state index in [-0.39, 0.29) is 17.5 Å². The Kier molecular flexibility index (Phi) is 5.97.